The molecule has 0 radical (unpaired) electrons. The van der Waals surface area contributed by atoms with E-state index in [0.717, 1.165) is 5.56 Å². The Morgan fingerprint density at radius 1 is 1.32 bits per heavy atom. The molecule has 0 spiro atoms. The minimum absolute atomic E-state index is 0.0552. The van der Waals surface area contributed by atoms with E-state index < -0.39 is 11.5 Å². The molecule has 0 fully saturated rings. The summed E-state index contributed by atoms with van der Waals surface area (Å²) in [5.74, 6) is 0.0660. The lowest BCUT2D eigenvalue weighted by atomic mass is 10.2. The van der Waals surface area contributed by atoms with E-state index in [0.29, 0.717) is 18.1 Å². The summed E-state index contributed by atoms with van der Waals surface area (Å²) in [6.45, 7) is 3.66. The lowest BCUT2D eigenvalue weighted by Crippen LogP contribution is -2.31. The number of carbonyl (C=O) groups excluding carboxylic acids is 1. The molecule has 0 aliphatic carbocycles. The van der Waals surface area contributed by atoms with Crippen LogP contribution in [-0.2, 0) is 6.54 Å². The van der Waals surface area contributed by atoms with Gasteiger partial charge in [0.05, 0.1) is 5.69 Å². The SMILES string of the molecule is Cc1nc(C)c(C(=O)NCc2ccncc2)c(=O)[nH]1. The highest BCUT2D eigenvalue weighted by Gasteiger charge is 2.14. The van der Waals surface area contributed by atoms with E-state index in [2.05, 4.69) is 20.3 Å². The lowest BCUT2D eigenvalue weighted by Gasteiger charge is -2.07. The first-order chi connectivity index (χ1) is 9.08. The van der Waals surface area contributed by atoms with Gasteiger partial charge in [-0.05, 0) is 31.5 Å². The number of nitrogens with zero attached hydrogens (tertiary/aromatic N) is 2. The van der Waals surface area contributed by atoms with Gasteiger partial charge in [0.1, 0.15) is 11.4 Å². The molecular formula is C13H14N4O2. The van der Waals surface area contributed by atoms with Crippen molar-refractivity contribution in [3.63, 3.8) is 0 Å². The predicted molar refractivity (Wildman–Crippen MR) is 69.7 cm³/mol. The summed E-state index contributed by atoms with van der Waals surface area (Å²) in [4.78, 5) is 34.2. The van der Waals surface area contributed by atoms with Crippen LogP contribution in [0.25, 0.3) is 0 Å². The van der Waals surface area contributed by atoms with Crippen LogP contribution in [0.2, 0.25) is 0 Å². The van der Waals surface area contributed by atoms with Crippen molar-refractivity contribution in [3.8, 4) is 0 Å². The number of H-pyrrole nitrogens is 1. The summed E-state index contributed by atoms with van der Waals surface area (Å²) < 4.78 is 0. The zero-order valence-corrected chi connectivity index (χ0v) is 10.7. The highest BCUT2D eigenvalue weighted by molar-refractivity contribution is 5.94. The van der Waals surface area contributed by atoms with E-state index in [1.54, 1.807) is 38.4 Å². The second-order valence-electron chi connectivity index (χ2n) is 4.15. The predicted octanol–water partition coefficient (Wildman–Crippen LogP) is 0.712. The molecule has 0 bridgehead atoms. The second-order valence-corrected chi connectivity index (χ2v) is 4.15. The molecule has 2 aromatic rings. The summed E-state index contributed by atoms with van der Waals surface area (Å²) in [6.07, 6.45) is 3.29. The topological polar surface area (TPSA) is 87.7 Å². The van der Waals surface area contributed by atoms with Crippen molar-refractivity contribution in [2.24, 2.45) is 0 Å². The Hall–Kier alpha value is -2.50. The van der Waals surface area contributed by atoms with Gasteiger partial charge in [-0.3, -0.25) is 14.6 Å². The summed E-state index contributed by atoms with van der Waals surface area (Å²) in [5, 5.41) is 2.69. The Bertz CT molecular complexity index is 649. The quantitative estimate of drug-likeness (QED) is 0.848. The fraction of sp³-hybridized carbons (Fsp3) is 0.231. The maximum absolute atomic E-state index is 12.0. The number of carbonyl (C=O) groups is 1. The number of nitrogens with one attached hydrogen (secondary N) is 2. The molecule has 0 saturated carbocycles. The largest absolute Gasteiger partial charge is 0.348 e. The molecule has 19 heavy (non-hydrogen) atoms. The molecule has 0 aromatic carbocycles. The Balaban J connectivity index is 2.15. The molecule has 2 aromatic heterocycles. The van der Waals surface area contributed by atoms with Gasteiger partial charge < -0.3 is 10.3 Å². The van der Waals surface area contributed by atoms with Crippen LogP contribution in [0.3, 0.4) is 0 Å². The summed E-state index contributed by atoms with van der Waals surface area (Å²) in [6, 6.07) is 3.59. The zero-order valence-electron chi connectivity index (χ0n) is 10.7. The fourth-order valence-electron chi connectivity index (χ4n) is 1.77. The third-order valence-corrected chi connectivity index (χ3v) is 2.65. The molecule has 98 valence electrons. The van der Waals surface area contributed by atoms with Gasteiger partial charge in [0.2, 0.25) is 0 Å². The lowest BCUT2D eigenvalue weighted by molar-refractivity contribution is 0.0948. The number of hydrogen-bond acceptors (Lipinski definition) is 4. The number of aromatic amines is 1. The van der Waals surface area contributed by atoms with E-state index in [-0.39, 0.29) is 5.56 Å². The zero-order chi connectivity index (χ0) is 13.8. The number of amides is 1. The monoisotopic (exact) mass is 258 g/mol. The maximum atomic E-state index is 12.0. The number of rotatable bonds is 3. The Morgan fingerprint density at radius 2 is 2.00 bits per heavy atom. The third kappa shape index (κ3) is 3.04. The summed E-state index contributed by atoms with van der Waals surface area (Å²) >= 11 is 0. The first-order valence-electron chi connectivity index (χ1n) is 5.82. The van der Waals surface area contributed by atoms with Crippen molar-refractivity contribution in [3.05, 3.63) is 57.5 Å². The molecule has 2 N–H and O–H groups in total. The molecule has 6 nitrogen and oxygen atoms in total. The van der Waals surface area contributed by atoms with Gasteiger partial charge in [-0.2, -0.15) is 0 Å². The van der Waals surface area contributed by atoms with E-state index in [4.69, 9.17) is 0 Å². The second kappa shape index (κ2) is 5.43. The van der Waals surface area contributed by atoms with Crippen LogP contribution in [0, 0.1) is 13.8 Å². The molecule has 0 aliphatic heterocycles. The van der Waals surface area contributed by atoms with Crippen LogP contribution in [0.15, 0.2) is 29.3 Å². The standard InChI is InChI=1S/C13H14N4O2/c1-8-11(13(19)17-9(2)16-8)12(18)15-7-10-3-5-14-6-4-10/h3-6H,7H2,1-2H3,(H,15,18)(H,16,17,19). The molecule has 1 amide bonds. The van der Waals surface area contributed by atoms with Gasteiger partial charge in [0.25, 0.3) is 11.5 Å². The van der Waals surface area contributed by atoms with E-state index in [1.807, 2.05) is 0 Å². The molecular weight excluding hydrogens is 244 g/mol. The average molecular weight is 258 g/mol. The minimum atomic E-state index is -0.428. The molecule has 6 heteroatoms. The number of hydrogen-bond donors (Lipinski definition) is 2. The number of pyridine rings is 1. The van der Waals surface area contributed by atoms with Gasteiger partial charge >= 0.3 is 0 Å². The van der Waals surface area contributed by atoms with Crippen LogP contribution in [-0.4, -0.2) is 20.9 Å². The van der Waals surface area contributed by atoms with Crippen LogP contribution in [0.5, 0.6) is 0 Å². The Labute approximate surface area is 109 Å². The van der Waals surface area contributed by atoms with E-state index >= 15 is 0 Å². The van der Waals surface area contributed by atoms with Crippen molar-refractivity contribution < 1.29 is 4.79 Å². The Kier molecular flexibility index (Phi) is 3.70. The highest BCUT2D eigenvalue weighted by atomic mass is 16.2. The third-order valence-electron chi connectivity index (χ3n) is 2.65. The average Bonchev–Trinajstić information content (AvgIpc) is 2.36. The summed E-state index contributed by atoms with van der Waals surface area (Å²) in [5.41, 5.74) is 0.975. The van der Waals surface area contributed by atoms with Crippen LogP contribution < -0.4 is 10.9 Å². The van der Waals surface area contributed by atoms with Gasteiger partial charge in [-0.25, -0.2) is 4.98 Å². The number of aryl methyl sites for hydroxylation is 2. The van der Waals surface area contributed by atoms with Crippen LogP contribution in [0.4, 0.5) is 0 Å². The smallest absolute Gasteiger partial charge is 0.264 e. The van der Waals surface area contributed by atoms with Crippen molar-refractivity contribution in [1.82, 2.24) is 20.3 Å². The Morgan fingerprint density at radius 3 is 2.63 bits per heavy atom. The van der Waals surface area contributed by atoms with Crippen LogP contribution in [0.1, 0.15) is 27.4 Å². The molecule has 0 aliphatic rings. The van der Waals surface area contributed by atoms with Crippen molar-refractivity contribution >= 4 is 5.91 Å². The molecule has 0 saturated heterocycles. The maximum Gasteiger partial charge on any atom is 0.264 e. The van der Waals surface area contributed by atoms with Gasteiger partial charge in [-0.15, -0.1) is 0 Å². The van der Waals surface area contributed by atoms with E-state index in [9.17, 15) is 9.59 Å². The fourth-order valence-corrected chi connectivity index (χ4v) is 1.77. The highest BCUT2D eigenvalue weighted by Crippen LogP contribution is 2.00. The molecule has 2 rings (SSSR count). The molecule has 0 atom stereocenters. The molecule has 2 heterocycles. The van der Waals surface area contributed by atoms with Crippen molar-refractivity contribution in [1.29, 1.82) is 0 Å². The number of aromatic nitrogens is 3. The van der Waals surface area contributed by atoms with Gasteiger partial charge in [0, 0.05) is 18.9 Å². The summed E-state index contributed by atoms with van der Waals surface area (Å²) in [7, 11) is 0. The van der Waals surface area contributed by atoms with Crippen LogP contribution >= 0.6 is 0 Å². The van der Waals surface area contributed by atoms with Gasteiger partial charge in [-0.1, -0.05) is 0 Å². The minimum Gasteiger partial charge on any atom is -0.348 e. The van der Waals surface area contributed by atoms with Crippen molar-refractivity contribution in [2.45, 2.75) is 20.4 Å². The molecule has 0 unspecified atom stereocenters. The first kappa shape index (κ1) is 12.9. The van der Waals surface area contributed by atoms with Gasteiger partial charge in [0.15, 0.2) is 0 Å². The normalized spacial score (nSPS) is 10.2. The first-order valence-corrected chi connectivity index (χ1v) is 5.82. The van der Waals surface area contributed by atoms with E-state index in [1.165, 1.54) is 0 Å². The van der Waals surface area contributed by atoms with Crippen molar-refractivity contribution in [2.75, 3.05) is 0 Å².